The summed E-state index contributed by atoms with van der Waals surface area (Å²) >= 11 is 0. The van der Waals surface area contributed by atoms with E-state index >= 15 is 0 Å². The molecule has 0 fully saturated rings. The van der Waals surface area contributed by atoms with Gasteiger partial charge in [-0.2, -0.15) is 0 Å². The van der Waals surface area contributed by atoms with Crippen LogP contribution < -0.4 is 16.0 Å². The Morgan fingerprint density at radius 2 is 1.70 bits per heavy atom. The van der Waals surface area contributed by atoms with Crippen LogP contribution in [0.2, 0.25) is 0 Å². The third kappa shape index (κ3) is 3.59. The summed E-state index contributed by atoms with van der Waals surface area (Å²) < 4.78 is 5.74. The van der Waals surface area contributed by atoms with Crippen LogP contribution in [0.4, 0.5) is 0 Å². The maximum Gasteiger partial charge on any atom is 0.120 e. The van der Waals surface area contributed by atoms with Crippen molar-refractivity contribution in [2.45, 2.75) is 32.9 Å². The number of hydrogen-bond donors (Lipinski definition) is 2. The Morgan fingerprint density at radius 3 is 2.30 bits per heavy atom. The smallest absolute Gasteiger partial charge is 0.120 e. The molecule has 0 aromatic heterocycles. The quantitative estimate of drug-likeness (QED) is 0.647. The molecule has 0 aliphatic carbocycles. The highest BCUT2D eigenvalue weighted by atomic mass is 16.5. The molecule has 2 rings (SSSR count). The van der Waals surface area contributed by atoms with Crippen LogP contribution in [0.3, 0.4) is 0 Å². The van der Waals surface area contributed by atoms with E-state index in [2.05, 4.69) is 42.7 Å². The number of ether oxygens (including phenoxy) is 1. The summed E-state index contributed by atoms with van der Waals surface area (Å²) in [5.41, 5.74) is 6.35. The van der Waals surface area contributed by atoms with Crippen molar-refractivity contribution in [2.24, 2.45) is 5.84 Å². The van der Waals surface area contributed by atoms with Gasteiger partial charge in [0.1, 0.15) is 5.75 Å². The monoisotopic (exact) mass is 270 g/mol. The Bertz CT molecular complexity index is 549. The summed E-state index contributed by atoms with van der Waals surface area (Å²) in [4.78, 5) is 0. The second kappa shape index (κ2) is 6.55. The van der Waals surface area contributed by atoms with E-state index in [1.807, 2.05) is 32.0 Å². The Hall–Kier alpha value is -1.84. The highest BCUT2D eigenvalue weighted by Crippen LogP contribution is 2.25. The minimum atomic E-state index is -0.0358. The fraction of sp³-hybridized carbons (Fsp3) is 0.294. The van der Waals surface area contributed by atoms with Crippen LogP contribution in [0.25, 0.3) is 0 Å². The summed E-state index contributed by atoms with van der Waals surface area (Å²) in [6.45, 7) is 6.11. The molecule has 2 aromatic rings. The number of benzene rings is 2. The molecule has 0 radical (unpaired) electrons. The Morgan fingerprint density at radius 1 is 1.00 bits per heavy atom. The Kier molecular flexibility index (Phi) is 4.77. The van der Waals surface area contributed by atoms with E-state index in [1.165, 1.54) is 5.56 Å². The first-order valence-electron chi connectivity index (χ1n) is 6.89. The zero-order valence-electron chi connectivity index (χ0n) is 12.3. The average molecular weight is 270 g/mol. The first kappa shape index (κ1) is 14.6. The Balaban J connectivity index is 2.29. The van der Waals surface area contributed by atoms with Crippen molar-refractivity contribution in [3.05, 3.63) is 65.2 Å². The zero-order chi connectivity index (χ0) is 14.5. The molecule has 1 atom stereocenters. The summed E-state index contributed by atoms with van der Waals surface area (Å²) in [6, 6.07) is 16.4. The standard InChI is InChI=1S/C17H22N2O/c1-12(2)20-16-6-4-5-15(11-16)17(19-18)14-9-7-13(3)8-10-14/h4-12,17,19H,18H2,1-3H3. The maximum atomic E-state index is 5.74. The summed E-state index contributed by atoms with van der Waals surface area (Å²) in [5, 5.41) is 0. The molecule has 0 saturated heterocycles. The van der Waals surface area contributed by atoms with Gasteiger partial charge in [-0.15, -0.1) is 0 Å². The molecule has 0 amide bonds. The largest absolute Gasteiger partial charge is 0.491 e. The molecule has 2 aromatic carbocycles. The number of aryl methyl sites for hydroxylation is 1. The molecule has 1 unspecified atom stereocenters. The third-order valence-electron chi connectivity index (χ3n) is 3.14. The van der Waals surface area contributed by atoms with Gasteiger partial charge in [-0.25, -0.2) is 5.43 Å². The topological polar surface area (TPSA) is 47.3 Å². The predicted octanol–water partition coefficient (Wildman–Crippen LogP) is 3.33. The van der Waals surface area contributed by atoms with Crippen LogP contribution in [-0.4, -0.2) is 6.10 Å². The lowest BCUT2D eigenvalue weighted by molar-refractivity contribution is 0.242. The molecular formula is C17H22N2O. The number of hydrazine groups is 1. The normalized spacial score (nSPS) is 12.4. The van der Waals surface area contributed by atoms with Gasteiger partial charge in [0.25, 0.3) is 0 Å². The molecule has 3 nitrogen and oxygen atoms in total. The molecule has 0 aliphatic rings. The second-order valence-electron chi connectivity index (χ2n) is 5.25. The molecule has 0 bridgehead atoms. The lowest BCUT2D eigenvalue weighted by Gasteiger charge is -2.18. The van der Waals surface area contributed by atoms with E-state index in [-0.39, 0.29) is 12.1 Å². The van der Waals surface area contributed by atoms with Gasteiger partial charge in [-0.05, 0) is 44.0 Å². The highest BCUT2D eigenvalue weighted by Gasteiger charge is 2.13. The van der Waals surface area contributed by atoms with Crippen LogP contribution in [0.5, 0.6) is 5.75 Å². The van der Waals surface area contributed by atoms with Crippen molar-refractivity contribution in [3.8, 4) is 5.75 Å². The van der Waals surface area contributed by atoms with Gasteiger partial charge in [0.05, 0.1) is 12.1 Å². The molecule has 0 heterocycles. The molecule has 20 heavy (non-hydrogen) atoms. The van der Waals surface area contributed by atoms with E-state index in [4.69, 9.17) is 10.6 Å². The van der Waals surface area contributed by atoms with E-state index in [1.54, 1.807) is 0 Å². The SMILES string of the molecule is Cc1ccc(C(NN)c2cccc(OC(C)C)c2)cc1. The van der Waals surface area contributed by atoms with Gasteiger partial charge in [0.15, 0.2) is 0 Å². The predicted molar refractivity (Wildman–Crippen MR) is 82.6 cm³/mol. The van der Waals surface area contributed by atoms with E-state index < -0.39 is 0 Å². The number of nitrogens with one attached hydrogen (secondary N) is 1. The summed E-state index contributed by atoms with van der Waals surface area (Å²) in [7, 11) is 0. The van der Waals surface area contributed by atoms with Crippen LogP contribution in [0.15, 0.2) is 48.5 Å². The van der Waals surface area contributed by atoms with Crippen molar-refractivity contribution in [1.82, 2.24) is 5.43 Å². The maximum absolute atomic E-state index is 5.74. The van der Waals surface area contributed by atoms with E-state index in [0.29, 0.717) is 0 Å². The van der Waals surface area contributed by atoms with Gasteiger partial charge in [-0.3, -0.25) is 5.84 Å². The minimum Gasteiger partial charge on any atom is -0.491 e. The molecular weight excluding hydrogens is 248 g/mol. The molecule has 3 heteroatoms. The molecule has 0 saturated carbocycles. The third-order valence-corrected chi connectivity index (χ3v) is 3.14. The van der Waals surface area contributed by atoms with Crippen molar-refractivity contribution in [2.75, 3.05) is 0 Å². The van der Waals surface area contributed by atoms with Crippen LogP contribution in [0, 0.1) is 6.92 Å². The minimum absolute atomic E-state index is 0.0358. The van der Waals surface area contributed by atoms with E-state index in [9.17, 15) is 0 Å². The average Bonchev–Trinajstić information content (AvgIpc) is 2.41. The molecule has 0 spiro atoms. The lowest BCUT2D eigenvalue weighted by Crippen LogP contribution is -2.28. The van der Waals surface area contributed by atoms with Crippen molar-refractivity contribution >= 4 is 0 Å². The van der Waals surface area contributed by atoms with Crippen molar-refractivity contribution < 1.29 is 4.74 Å². The van der Waals surface area contributed by atoms with Crippen LogP contribution >= 0.6 is 0 Å². The fourth-order valence-corrected chi connectivity index (χ4v) is 2.18. The van der Waals surface area contributed by atoms with Gasteiger partial charge < -0.3 is 4.74 Å². The summed E-state index contributed by atoms with van der Waals surface area (Å²) in [6.07, 6.45) is 0.161. The molecule has 3 N–H and O–H groups in total. The zero-order valence-corrected chi connectivity index (χ0v) is 12.3. The van der Waals surface area contributed by atoms with Crippen LogP contribution in [-0.2, 0) is 0 Å². The second-order valence-corrected chi connectivity index (χ2v) is 5.25. The first-order chi connectivity index (χ1) is 9.60. The first-order valence-corrected chi connectivity index (χ1v) is 6.89. The van der Waals surface area contributed by atoms with Crippen molar-refractivity contribution in [3.63, 3.8) is 0 Å². The molecule has 0 aliphatic heterocycles. The van der Waals surface area contributed by atoms with Gasteiger partial charge >= 0.3 is 0 Å². The highest BCUT2D eigenvalue weighted by molar-refractivity contribution is 5.37. The Labute approximate surface area is 120 Å². The van der Waals surface area contributed by atoms with Gasteiger partial charge in [-0.1, -0.05) is 42.0 Å². The fourth-order valence-electron chi connectivity index (χ4n) is 2.18. The molecule has 106 valence electrons. The summed E-state index contributed by atoms with van der Waals surface area (Å²) in [5.74, 6) is 6.60. The van der Waals surface area contributed by atoms with Gasteiger partial charge in [0, 0.05) is 0 Å². The number of nitrogens with two attached hydrogens (primary N) is 1. The van der Waals surface area contributed by atoms with Crippen molar-refractivity contribution in [1.29, 1.82) is 0 Å². The van der Waals surface area contributed by atoms with Gasteiger partial charge in [0.2, 0.25) is 0 Å². The van der Waals surface area contributed by atoms with Crippen LogP contribution in [0.1, 0.15) is 36.6 Å². The van der Waals surface area contributed by atoms with E-state index in [0.717, 1.165) is 16.9 Å². The number of rotatable bonds is 5. The number of hydrogen-bond acceptors (Lipinski definition) is 3. The lowest BCUT2D eigenvalue weighted by atomic mass is 9.98.